The lowest BCUT2D eigenvalue weighted by atomic mass is 9.75. The summed E-state index contributed by atoms with van der Waals surface area (Å²) in [5.74, 6) is 0.456. The minimum absolute atomic E-state index is 0.0520. The average molecular weight is 582 g/mol. The number of imidazole rings is 1. The molecule has 2 aromatic carbocycles. The van der Waals surface area contributed by atoms with Crippen LogP contribution in [0.25, 0.3) is 0 Å². The maximum Gasteiger partial charge on any atom is 0.407 e. The summed E-state index contributed by atoms with van der Waals surface area (Å²) in [5, 5.41) is 10.7. The minimum atomic E-state index is -3.73. The Morgan fingerprint density at radius 3 is 2.68 bits per heavy atom. The number of carboxylic acid groups (broad SMARTS) is 1. The van der Waals surface area contributed by atoms with Crippen LogP contribution in [0.15, 0.2) is 53.9 Å². The van der Waals surface area contributed by atoms with E-state index < -0.39 is 16.1 Å². The lowest BCUT2D eigenvalue weighted by Crippen LogP contribution is -2.45. The molecule has 204 valence electrons. The normalized spacial score (nSPS) is 17.2. The summed E-state index contributed by atoms with van der Waals surface area (Å²) in [6.45, 7) is 2.39. The van der Waals surface area contributed by atoms with E-state index in [4.69, 9.17) is 27.9 Å². The zero-order valence-electron chi connectivity index (χ0n) is 21.1. The van der Waals surface area contributed by atoms with Crippen LogP contribution in [0.3, 0.4) is 0 Å². The highest BCUT2D eigenvalue weighted by molar-refractivity contribution is 7.89. The van der Waals surface area contributed by atoms with Crippen LogP contribution in [0, 0.1) is 0 Å². The first-order valence-corrected chi connectivity index (χ1v) is 14.5. The molecule has 9 nitrogen and oxygen atoms in total. The van der Waals surface area contributed by atoms with Gasteiger partial charge in [-0.25, -0.2) is 22.9 Å². The van der Waals surface area contributed by atoms with Gasteiger partial charge in [0.05, 0.1) is 16.4 Å². The fourth-order valence-electron chi connectivity index (χ4n) is 4.95. The lowest BCUT2D eigenvalue weighted by molar-refractivity contribution is 0.113. The standard InChI is InChI=1S/C26H30Cl2N4O5S/c1-3-32(26(33)34)24-9-6-18-5-7-19(37-11-10-30-38(35,36)25-15-31(2)16-29-25)14-20(18)21(24)12-17-4-8-22(27)23(28)13-17/h4-5,7-8,13-16,21,24,30H,3,6,9-12H2,1-2H3,(H,33,34). The first kappa shape index (κ1) is 28.2. The molecular formula is C26H30Cl2N4O5S. The quantitative estimate of drug-likeness (QED) is 0.335. The van der Waals surface area contributed by atoms with Crippen molar-refractivity contribution in [2.24, 2.45) is 7.05 Å². The minimum Gasteiger partial charge on any atom is -0.492 e. The number of carbonyl (C=O) groups is 1. The number of hydrogen-bond acceptors (Lipinski definition) is 5. The van der Waals surface area contributed by atoms with Crippen LogP contribution in [-0.2, 0) is 29.9 Å². The van der Waals surface area contributed by atoms with Crippen molar-refractivity contribution in [3.8, 4) is 5.75 Å². The Labute approximate surface area is 232 Å². The molecule has 1 amide bonds. The number of halogens is 2. The number of aryl methyl sites for hydroxylation is 2. The molecule has 12 heteroatoms. The van der Waals surface area contributed by atoms with Crippen molar-refractivity contribution in [1.29, 1.82) is 0 Å². The lowest BCUT2D eigenvalue weighted by Gasteiger charge is -2.39. The molecule has 0 radical (unpaired) electrons. The Balaban J connectivity index is 1.53. The Kier molecular flexibility index (Phi) is 8.87. The molecule has 2 unspecified atom stereocenters. The summed E-state index contributed by atoms with van der Waals surface area (Å²) in [6.07, 6.45) is 3.91. The van der Waals surface area contributed by atoms with Gasteiger partial charge in [0.15, 0.2) is 5.03 Å². The van der Waals surface area contributed by atoms with Gasteiger partial charge in [-0.15, -0.1) is 0 Å². The van der Waals surface area contributed by atoms with Crippen molar-refractivity contribution in [2.45, 2.75) is 43.2 Å². The predicted molar refractivity (Wildman–Crippen MR) is 146 cm³/mol. The first-order valence-electron chi connectivity index (χ1n) is 12.3. The van der Waals surface area contributed by atoms with Gasteiger partial charge in [0.2, 0.25) is 0 Å². The maximum atomic E-state index is 12.4. The summed E-state index contributed by atoms with van der Waals surface area (Å²) < 4.78 is 34.7. The second-order valence-electron chi connectivity index (χ2n) is 9.22. The summed E-state index contributed by atoms with van der Waals surface area (Å²) >= 11 is 12.4. The van der Waals surface area contributed by atoms with E-state index in [0.29, 0.717) is 35.2 Å². The second-order valence-corrected chi connectivity index (χ2v) is 11.7. The summed E-state index contributed by atoms with van der Waals surface area (Å²) in [7, 11) is -2.03. The van der Waals surface area contributed by atoms with Crippen molar-refractivity contribution >= 4 is 39.3 Å². The molecule has 38 heavy (non-hydrogen) atoms. The van der Waals surface area contributed by atoms with Gasteiger partial charge in [0.25, 0.3) is 10.0 Å². The fourth-order valence-corrected chi connectivity index (χ4v) is 6.26. The van der Waals surface area contributed by atoms with Gasteiger partial charge < -0.3 is 19.3 Å². The molecule has 4 rings (SSSR count). The molecule has 1 aliphatic rings. The van der Waals surface area contributed by atoms with Crippen molar-refractivity contribution in [2.75, 3.05) is 19.7 Å². The van der Waals surface area contributed by atoms with Gasteiger partial charge in [0.1, 0.15) is 12.4 Å². The zero-order valence-corrected chi connectivity index (χ0v) is 23.4. The molecule has 1 aromatic heterocycles. The largest absolute Gasteiger partial charge is 0.492 e. The molecule has 3 aromatic rings. The van der Waals surface area contributed by atoms with Crippen LogP contribution in [0.2, 0.25) is 10.0 Å². The van der Waals surface area contributed by atoms with E-state index in [0.717, 1.165) is 23.1 Å². The molecular weight excluding hydrogens is 551 g/mol. The Hall–Kier alpha value is -2.79. The molecule has 0 saturated carbocycles. The van der Waals surface area contributed by atoms with E-state index in [1.54, 1.807) is 17.7 Å². The fraction of sp³-hybridized carbons (Fsp3) is 0.385. The van der Waals surface area contributed by atoms with E-state index in [1.807, 2.05) is 37.3 Å². The van der Waals surface area contributed by atoms with E-state index >= 15 is 0 Å². The summed E-state index contributed by atoms with van der Waals surface area (Å²) in [4.78, 5) is 17.4. The van der Waals surface area contributed by atoms with E-state index in [-0.39, 0.29) is 30.1 Å². The highest BCUT2D eigenvalue weighted by Crippen LogP contribution is 2.39. The van der Waals surface area contributed by atoms with Gasteiger partial charge in [-0.05, 0) is 67.1 Å². The third-order valence-electron chi connectivity index (χ3n) is 6.74. The Morgan fingerprint density at radius 2 is 2.03 bits per heavy atom. The van der Waals surface area contributed by atoms with Gasteiger partial charge in [0, 0.05) is 38.3 Å². The number of benzene rings is 2. The van der Waals surface area contributed by atoms with E-state index in [2.05, 4.69) is 9.71 Å². The van der Waals surface area contributed by atoms with Crippen LogP contribution in [-0.4, -0.2) is 59.8 Å². The van der Waals surface area contributed by atoms with Crippen molar-refractivity contribution in [3.05, 3.63) is 75.7 Å². The number of rotatable bonds is 10. The maximum absolute atomic E-state index is 12.4. The van der Waals surface area contributed by atoms with Crippen LogP contribution in [0.4, 0.5) is 4.79 Å². The number of nitrogens with zero attached hydrogens (tertiary/aromatic N) is 3. The molecule has 2 atom stereocenters. The van der Waals surface area contributed by atoms with Gasteiger partial charge in [-0.2, -0.15) is 0 Å². The number of amides is 1. The number of sulfonamides is 1. The van der Waals surface area contributed by atoms with Crippen molar-refractivity contribution in [3.63, 3.8) is 0 Å². The highest BCUT2D eigenvalue weighted by atomic mass is 35.5. The summed E-state index contributed by atoms with van der Waals surface area (Å²) in [5.41, 5.74) is 3.11. The topological polar surface area (TPSA) is 114 Å². The number of nitrogens with one attached hydrogen (secondary N) is 1. The number of aromatic nitrogens is 2. The van der Waals surface area contributed by atoms with E-state index in [9.17, 15) is 18.3 Å². The van der Waals surface area contributed by atoms with Gasteiger partial charge in [-0.1, -0.05) is 35.3 Å². The molecule has 0 saturated heterocycles. The molecule has 0 aliphatic heterocycles. The van der Waals surface area contributed by atoms with Gasteiger partial charge >= 0.3 is 6.09 Å². The number of hydrogen-bond donors (Lipinski definition) is 2. The van der Waals surface area contributed by atoms with Crippen LogP contribution in [0.1, 0.15) is 36.0 Å². The van der Waals surface area contributed by atoms with Crippen molar-refractivity contribution < 1.29 is 23.1 Å². The molecule has 0 bridgehead atoms. The molecule has 1 aliphatic carbocycles. The zero-order chi connectivity index (χ0) is 27.4. The van der Waals surface area contributed by atoms with Crippen LogP contribution >= 0.6 is 23.2 Å². The molecule has 0 fully saturated rings. The number of ether oxygens (including phenoxy) is 1. The Morgan fingerprint density at radius 1 is 1.24 bits per heavy atom. The van der Waals surface area contributed by atoms with Crippen molar-refractivity contribution in [1.82, 2.24) is 19.2 Å². The predicted octanol–water partition coefficient (Wildman–Crippen LogP) is 4.73. The molecule has 0 spiro atoms. The third kappa shape index (κ3) is 6.43. The van der Waals surface area contributed by atoms with E-state index in [1.165, 1.54) is 17.4 Å². The smallest absolute Gasteiger partial charge is 0.407 e. The monoisotopic (exact) mass is 580 g/mol. The molecule has 2 N–H and O–H groups in total. The first-order chi connectivity index (χ1) is 18.1. The average Bonchev–Trinajstić information content (AvgIpc) is 3.33. The van der Waals surface area contributed by atoms with Gasteiger partial charge in [-0.3, -0.25) is 0 Å². The molecule has 1 heterocycles. The Bertz CT molecular complexity index is 1410. The number of likely N-dealkylation sites (N-methyl/N-ethyl adjacent to an activating group) is 1. The number of fused-ring (bicyclic) bond motifs is 1. The van der Waals surface area contributed by atoms with Crippen LogP contribution < -0.4 is 9.46 Å². The third-order valence-corrected chi connectivity index (χ3v) is 8.82. The SMILES string of the molecule is CCN(C(=O)O)C1CCc2ccc(OCCNS(=O)(=O)c3cn(C)cn3)cc2C1Cc1ccc(Cl)c(Cl)c1. The highest BCUT2D eigenvalue weighted by Gasteiger charge is 2.35. The summed E-state index contributed by atoms with van der Waals surface area (Å²) in [6, 6.07) is 11.0. The second kappa shape index (κ2) is 11.9. The van der Waals surface area contributed by atoms with Crippen LogP contribution in [0.5, 0.6) is 5.75 Å².